The first kappa shape index (κ1) is 17.1. The van der Waals surface area contributed by atoms with Gasteiger partial charge in [-0.05, 0) is 55.2 Å². The van der Waals surface area contributed by atoms with Crippen LogP contribution in [0.15, 0.2) is 45.6 Å². The number of benzene rings is 2. The lowest BCUT2D eigenvalue weighted by molar-refractivity contribution is 0.0734. The highest BCUT2D eigenvalue weighted by molar-refractivity contribution is 5.92. The molecule has 0 unspecified atom stereocenters. The highest BCUT2D eigenvalue weighted by Crippen LogP contribution is 2.31. The standard InChI is InChI=1S/C21H18O6/c1-24-17-9-6-12(10-19(17)25-2)20(22)26-13-7-8-15-14-4-3-5-16(14)21(23)27-18(15)11-13/h6-11H,3-5H2,1-2H3. The third-order valence-electron chi connectivity index (χ3n) is 4.77. The summed E-state index contributed by atoms with van der Waals surface area (Å²) in [4.78, 5) is 24.6. The van der Waals surface area contributed by atoms with Gasteiger partial charge in [0.25, 0.3) is 0 Å². The number of rotatable bonds is 4. The normalized spacial score (nSPS) is 12.7. The molecule has 0 radical (unpaired) electrons. The Morgan fingerprint density at radius 1 is 0.963 bits per heavy atom. The molecular weight excluding hydrogens is 348 g/mol. The third kappa shape index (κ3) is 3.03. The van der Waals surface area contributed by atoms with Gasteiger partial charge in [-0.3, -0.25) is 0 Å². The van der Waals surface area contributed by atoms with Gasteiger partial charge in [-0.2, -0.15) is 0 Å². The monoisotopic (exact) mass is 366 g/mol. The topological polar surface area (TPSA) is 75.0 Å². The molecule has 6 nitrogen and oxygen atoms in total. The predicted molar refractivity (Wildman–Crippen MR) is 99.0 cm³/mol. The van der Waals surface area contributed by atoms with Crippen LogP contribution in [0.4, 0.5) is 0 Å². The van der Waals surface area contributed by atoms with E-state index < -0.39 is 5.97 Å². The fourth-order valence-electron chi connectivity index (χ4n) is 3.46. The summed E-state index contributed by atoms with van der Waals surface area (Å²) in [6.45, 7) is 0. The summed E-state index contributed by atoms with van der Waals surface area (Å²) in [5.41, 5.74) is 2.25. The third-order valence-corrected chi connectivity index (χ3v) is 4.77. The number of fused-ring (bicyclic) bond motifs is 3. The summed E-state index contributed by atoms with van der Waals surface area (Å²) >= 11 is 0. The van der Waals surface area contributed by atoms with Crippen molar-refractivity contribution in [2.75, 3.05) is 14.2 Å². The molecule has 6 heteroatoms. The molecule has 1 aromatic heterocycles. The van der Waals surface area contributed by atoms with Crippen LogP contribution in [0.2, 0.25) is 0 Å². The number of methoxy groups -OCH3 is 2. The molecule has 27 heavy (non-hydrogen) atoms. The molecule has 0 saturated carbocycles. The average Bonchev–Trinajstić information content (AvgIpc) is 3.18. The molecule has 0 atom stereocenters. The van der Waals surface area contributed by atoms with E-state index in [0.29, 0.717) is 28.4 Å². The first-order valence-electron chi connectivity index (χ1n) is 8.63. The zero-order valence-corrected chi connectivity index (χ0v) is 15.0. The minimum atomic E-state index is -0.543. The van der Waals surface area contributed by atoms with Crippen molar-refractivity contribution in [2.24, 2.45) is 0 Å². The Morgan fingerprint density at radius 3 is 2.52 bits per heavy atom. The molecule has 4 rings (SSSR count). The Bertz CT molecular complexity index is 1100. The maximum Gasteiger partial charge on any atom is 0.343 e. The van der Waals surface area contributed by atoms with E-state index in [-0.39, 0.29) is 5.63 Å². The number of carbonyl (C=O) groups is 1. The predicted octanol–water partition coefficient (Wildman–Crippen LogP) is 3.52. The van der Waals surface area contributed by atoms with Crippen molar-refractivity contribution in [3.8, 4) is 17.2 Å². The van der Waals surface area contributed by atoms with Crippen molar-refractivity contribution >= 4 is 16.9 Å². The number of hydrogen-bond acceptors (Lipinski definition) is 6. The number of ether oxygens (including phenoxy) is 3. The van der Waals surface area contributed by atoms with E-state index in [9.17, 15) is 9.59 Å². The van der Waals surface area contributed by atoms with E-state index >= 15 is 0 Å². The van der Waals surface area contributed by atoms with Crippen molar-refractivity contribution < 1.29 is 23.4 Å². The second-order valence-electron chi connectivity index (χ2n) is 6.32. The lowest BCUT2D eigenvalue weighted by Crippen LogP contribution is -2.10. The van der Waals surface area contributed by atoms with Crippen LogP contribution >= 0.6 is 0 Å². The Hall–Kier alpha value is -3.28. The second-order valence-corrected chi connectivity index (χ2v) is 6.32. The summed E-state index contributed by atoms with van der Waals surface area (Å²) in [5.74, 6) is 0.726. The van der Waals surface area contributed by atoms with Crippen LogP contribution < -0.4 is 19.8 Å². The fraction of sp³-hybridized carbons (Fsp3) is 0.238. The van der Waals surface area contributed by atoms with Crippen LogP contribution in [0.25, 0.3) is 11.0 Å². The van der Waals surface area contributed by atoms with Gasteiger partial charge < -0.3 is 18.6 Å². The van der Waals surface area contributed by atoms with E-state index in [2.05, 4.69) is 0 Å². The molecular formula is C21H18O6. The van der Waals surface area contributed by atoms with E-state index in [1.54, 1.807) is 30.3 Å². The molecule has 0 saturated heterocycles. The summed E-state index contributed by atoms with van der Waals surface area (Å²) < 4.78 is 21.2. The number of carbonyl (C=O) groups excluding carboxylic acids is 1. The van der Waals surface area contributed by atoms with E-state index in [1.165, 1.54) is 14.2 Å². The summed E-state index contributed by atoms with van der Waals surface area (Å²) in [6.07, 6.45) is 2.57. The molecule has 0 amide bonds. The lowest BCUT2D eigenvalue weighted by Gasteiger charge is -2.10. The van der Waals surface area contributed by atoms with Gasteiger partial charge in [0.15, 0.2) is 11.5 Å². The zero-order valence-electron chi connectivity index (χ0n) is 15.0. The molecule has 1 heterocycles. The second kappa shape index (κ2) is 6.79. The largest absolute Gasteiger partial charge is 0.493 e. The van der Waals surface area contributed by atoms with Crippen LogP contribution in [-0.4, -0.2) is 20.2 Å². The molecule has 1 aliphatic rings. The van der Waals surface area contributed by atoms with Gasteiger partial charge >= 0.3 is 11.6 Å². The smallest absolute Gasteiger partial charge is 0.343 e. The van der Waals surface area contributed by atoms with Gasteiger partial charge in [-0.25, -0.2) is 9.59 Å². The van der Waals surface area contributed by atoms with Crippen molar-refractivity contribution in [2.45, 2.75) is 19.3 Å². The summed E-state index contributed by atoms with van der Waals surface area (Å²) in [6, 6.07) is 9.90. The first-order chi connectivity index (χ1) is 13.1. The minimum Gasteiger partial charge on any atom is -0.493 e. The van der Waals surface area contributed by atoms with Gasteiger partial charge in [-0.15, -0.1) is 0 Å². The fourth-order valence-corrected chi connectivity index (χ4v) is 3.46. The average molecular weight is 366 g/mol. The highest BCUT2D eigenvalue weighted by Gasteiger charge is 2.20. The van der Waals surface area contributed by atoms with Gasteiger partial charge in [0.1, 0.15) is 11.3 Å². The van der Waals surface area contributed by atoms with Crippen molar-refractivity contribution in [3.63, 3.8) is 0 Å². The van der Waals surface area contributed by atoms with Crippen LogP contribution in [0.3, 0.4) is 0 Å². The minimum absolute atomic E-state index is 0.307. The van der Waals surface area contributed by atoms with Crippen molar-refractivity contribution in [1.29, 1.82) is 0 Å². The van der Waals surface area contributed by atoms with Crippen LogP contribution in [0.5, 0.6) is 17.2 Å². The van der Waals surface area contributed by atoms with Gasteiger partial charge in [0, 0.05) is 17.0 Å². The molecule has 138 valence electrons. The maximum absolute atomic E-state index is 12.5. The Kier molecular flexibility index (Phi) is 4.32. The van der Waals surface area contributed by atoms with E-state index in [4.69, 9.17) is 18.6 Å². The summed E-state index contributed by atoms with van der Waals surface area (Å²) in [7, 11) is 3.02. The molecule has 0 fully saturated rings. The van der Waals surface area contributed by atoms with E-state index in [1.807, 2.05) is 6.07 Å². The first-order valence-corrected chi connectivity index (χ1v) is 8.63. The van der Waals surface area contributed by atoms with Gasteiger partial charge in [-0.1, -0.05) is 0 Å². The zero-order chi connectivity index (χ0) is 19.0. The Morgan fingerprint density at radius 2 is 1.74 bits per heavy atom. The number of esters is 1. The van der Waals surface area contributed by atoms with E-state index in [0.717, 1.165) is 35.8 Å². The molecule has 1 aliphatic carbocycles. The van der Waals surface area contributed by atoms with Crippen molar-refractivity contribution in [1.82, 2.24) is 0 Å². The quantitative estimate of drug-likeness (QED) is 0.400. The van der Waals surface area contributed by atoms with Gasteiger partial charge in [0.2, 0.25) is 0 Å². The summed E-state index contributed by atoms with van der Waals surface area (Å²) in [5, 5.41) is 0.896. The Labute approximate surface area is 155 Å². The molecule has 0 aliphatic heterocycles. The highest BCUT2D eigenvalue weighted by atomic mass is 16.5. The molecule has 2 aromatic carbocycles. The lowest BCUT2D eigenvalue weighted by atomic mass is 10.1. The SMILES string of the molecule is COc1ccc(C(=O)Oc2ccc3c4c(c(=O)oc3c2)CCC4)cc1OC. The molecule has 3 aromatic rings. The number of hydrogen-bond donors (Lipinski definition) is 0. The van der Waals surface area contributed by atoms with Crippen molar-refractivity contribution in [3.05, 3.63) is 63.5 Å². The van der Waals surface area contributed by atoms with Crippen LogP contribution in [0, 0.1) is 0 Å². The molecule has 0 spiro atoms. The van der Waals surface area contributed by atoms with Gasteiger partial charge in [0.05, 0.1) is 19.8 Å². The van der Waals surface area contributed by atoms with Crippen LogP contribution in [0.1, 0.15) is 27.9 Å². The number of aryl methyl sites for hydroxylation is 1. The molecule has 0 N–H and O–H groups in total. The molecule has 0 bridgehead atoms. The van der Waals surface area contributed by atoms with Crippen LogP contribution in [-0.2, 0) is 12.8 Å². The maximum atomic E-state index is 12.5. The Balaban J connectivity index is 1.65.